The minimum atomic E-state index is -0.391. The van der Waals surface area contributed by atoms with Gasteiger partial charge in [-0.15, -0.1) is 0 Å². The van der Waals surface area contributed by atoms with Gasteiger partial charge in [0, 0.05) is 35.1 Å². The van der Waals surface area contributed by atoms with E-state index in [1.54, 1.807) is 54.6 Å². The first-order valence-corrected chi connectivity index (χ1v) is 11.4. The first-order chi connectivity index (χ1) is 16.5. The van der Waals surface area contributed by atoms with Gasteiger partial charge in [-0.25, -0.2) is 9.50 Å². The molecule has 1 aromatic carbocycles. The summed E-state index contributed by atoms with van der Waals surface area (Å²) in [4.78, 5) is 30.2. The van der Waals surface area contributed by atoms with Gasteiger partial charge in [0.2, 0.25) is 0 Å². The summed E-state index contributed by atoms with van der Waals surface area (Å²) in [5, 5.41) is 12.2. The fourth-order valence-electron chi connectivity index (χ4n) is 4.37. The van der Waals surface area contributed by atoms with Crippen LogP contribution in [0, 0.1) is 5.92 Å². The molecule has 1 saturated carbocycles. The quantitative estimate of drug-likeness (QED) is 0.425. The highest BCUT2D eigenvalue weighted by atomic mass is 35.5. The van der Waals surface area contributed by atoms with E-state index in [1.165, 1.54) is 10.7 Å². The van der Waals surface area contributed by atoms with Gasteiger partial charge in [0.15, 0.2) is 11.4 Å². The smallest absolute Gasteiger partial charge is 0.261 e. The summed E-state index contributed by atoms with van der Waals surface area (Å²) in [7, 11) is 1.55. The second kappa shape index (κ2) is 9.26. The van der Waals surface area contributed by atoms with Crippen molar-refractivity contribution in [2.24, 2.45) is 5.92 Å². The summed E-state index contributed by atoms with van der Waals surface area (Å²) in [6.45, 7) is 0.134. The van der Waals surface area contributed by atoms with E-state index < -0.39 is 5.91 Å². The molecule has 3 aromatic heterocycles. The molecule has 174 valence electrons. The van der Waals surface area contributed by atoms with Crippen molar-refractivity contribution in [1.29, 1.82) is 0 Å². The molecule has 0 bridgehead atoms. The van der Waals surface area contributed by atoms with Crippen LogP contribution in [0.15, 0.2) is 49.1 Å². The molecule has 9 nitrogen and oxygen atoms in total. The molecule has 5 rings (SSSR count). The molecule has 0 radical (unpaired) electrons. The third-order valence-corrected chi connectivity index (χ3v) is 6.31. The molecule has 34 heavy (non-hydrogen) atoms. The van der Waals surface area contributed by atoms with Crippen molar-refractivity contribution >= 4 is 34.6 Å². The Morgan fingerprint density at radius 3 is 2.88 bits per heavy atom. The van der Waals surface area contributed by atoms with Gasteiger partial charge in [-0.1, -0.05) is 24.4 Å². The number of methoxy groups -OCH3 is 1. The van der Waals surface area contributed by atoms with E-state index in [4.69, 9.17) is 16.3 Å². The number of nitrogens with one attached hydrogen (secondary N) is 1. The molecule has 10 heteroatoms. The standard InChI is InChI=1S/C24H23ClN6O3/c1-34-21-8-7-16(25)11-17(21)22-19(13-30(29-22)14-20(32)15-5-2-3-6-15)28-24(33)18-12-27-31-10-4-9-26-23(18)31/h4,7-13,15H,2-3,5-6,14H2,1H3,(H,28,33). The van der Waals surface area contributed by atoms with E-state index in [-0.39, 0.29) is 18.2 Å². The lowest BCUT2D eigenvalue weighted by Crippen LogP contribution is -2.18. The van der Waals surface area contributed by atoms with Crippen LogP contribution in [0.1, 0.15) is 36.0 Å². The maximum atomic E-state index is 13.2. The number of halogens is 1. The SMILES string of the molecule is COc1ccc(Cl)cc1-c1nn(CC(=O)C2CCCC2)cc1NC(=O)c1cnn2cccnc12. The number of Topliss-reactive ketones (excluding diaryl/α,β-unsaturated/α-hetero) is 1. The lowest BCUT2D eigenvalue weighted by Gasteiger charge is -2.09. The summed E-state index contributed by atoms with van der Waals surface area (Å²) < 4.78 is 8.60. The van der Waals surface area contributed by atoms with Crippen LogP contribution in [0.2, 0.25) is 5.02 Å². The summed E-state index contributed by atoms with van der Waals surface area (Å²) in [6, 6.07) is 6.91. The number of hydrogen-bond acceptors (Lipinski definition) is 6. The summed E-state index contributed by atoms with van der Waals surface area (Å²) in [5.41, 5.74) is 2.25. The van der Waals surface area contributed by atoms with Gasteiger partial charge in [0.1, 0.15) is 17.0 Å². The number of anilines is 1. The van der Waals surface area contributed by atoms with Gasteiger partial charge < -0.3 is 10.1 Å². The molecule has 1 fully saturated rings. The van der Waals surface area contributed by atoms with Crippen LogP contribution in [0.25, 0.3) is 16.9 Å². The zero-order valence-electron chi connectivity index (χ0n) is 18.6. The van der Waals surface area contributed by atoms with Crippen LogP contribution < -0.4 is 10.1 Å². The highest BCUT2D eigenvalue weighted by Gasteiger charge is 2.25. The van der Waals surface area contributed by atoms with Crippen LogP contribution in [0.5, 0.6) is 5.75 Å². The Morgan fingerprint density at radius 2 is 2.09 bits per heavy atom. The van der Waals surface area contributed by atoms with Gasteiger partial charge in [-0.05, 0) is 37.1 Å². The third kappa shape index (κ3) is 4.26. The molecule has 0 spiro atoms. The number of benzene rings is 1. The van der Waals surface area contributed by atoms with Crippen LogP contribution in [0.4, 0.5) is 5.69 Å². The van der Waals surface area contributed by atoms with Crippen molar-refractivity contribution in [2.45, 2.75) is 32.2 Å². The van der Waals surface area contributed by atoms with Crippen LogP contribution in [-0.4, -0.2) is 43.2 Å². The first kappa shape index (κ1) is 22.1. The molecule has 0 aliphatic heterocycles. The zero-order chi connectivity index (χ0) is 23.7. The van der Waals surface area contributed by atoms with Gasteiger partial charge in [0.25, 0.3) is 5.91 Å². The number of nitrogens with zero attached hydrogens (tertiary/aromatic N) is 5. The summed E-state index contributed by atoms with van der Waals surface area (Å²) in [6.07, 6.45) is 10.4. The Morgan fingerprint density at radius 1 is 1.26 bits per heavy atom. The van der Waals surface area contributed by atoms with Crippen molar-refractivity contribution in [3.05, 3.63) is 59.6 Å². The predicted molar refractivity (Wildman–Crippen MR) is 127 cm³/mol. The van der Waals surface area contributed by atoms with Crippen LogP contribution in [-0.2, 0) is 11.3 Å². The molecule has 0 unspecified atom stereocenters. The monoisotopic (exact) mass is 478 g/mol. The van der Waals surface area contributed by atoms with Gasteiger partial charge in [-0.3, -0.25) is 14.3 Å². The minimum Gasteiger partial charge on any atom is -0.496 e. The van der Waals surface area contributed by atoms with Crippen molar-refractivity contribution in [1.82, 2.24) is 24.4 Å². The molecule has 0 saturated heterocycles. The lowest BCUT2D eigenvalue weighted by molar-refractivity contribution is -0.123. The van der Waals surface area contributed by atoms with Crippen molar-refractivity contribution < 1.29 is 14.3 Å². The van der Waals surface area contributed by atoms with Gasteiger partial charge in [-0.2, -0.15) is 10.2 Å². The summed E-state index contributed by atoms with van der Waals surface area (Å²) in [5.74, 6) is 0.369. The molecular weight excluding hydrogens is 456 g/mol. The topological polar surface area (TPSA) is 103 Å². The Bertz CT molecular complexity index is 1370. The molecule has 1 amide bonds. The van der Waals surface area contributed by atoms with E-state index in [0.29, 0.717) is 38.9 Å². The molecule has 1 N–H and O–H groups in total. The van der Waals surface area contributed by atoms with E-state index in [0.717, 1.165) is 25.7 Å². The summed E-state index contributed by atoms with van der Waals surface area (Å²) >= 11 is 6.25. The number of carbonyl (C=O) groups excluding carboxylic acids is 2. The largest absolute Gasteiger partial charge is 0.496 e. The lowest BCUT2D eigenvalue weighted by atomic mass is 10.0. The fourth-order valence-corrected chi connectivity index (χ4v) is 4.54. The maximum absolute atomic E-state index is 13.2. The molecule has 1 aliphatic carbocycles. The number of hydrogen-bond donors (Lipinski definition) is 1. The fraction of sp³-hybridized carbons (Fsp3) is 0.292. The zero-order valence-corrected chi connectivity index (χ0v) is 19.3. The molecule has 3 heterocycles. The Labute approximate surface area is 200 Å². The van der Waals surface area contributed by atoms with Gasteiger partial charge in [0.05, 0.1) is 25.5 Å². The average molecular weight is 479 g/mol. The van der Waals surface area contributed by atoms with Crippen molar-refractivity contribution in [3.8, 4) is 17.0 Å². The number of amides is 1. The van der Waals surface area contributed by atoms with Crippen LogP contribution >= 0.6 is 11.6 Å². The number of carbonyl (C=O) groups is 2. The number of ketones is 1. The molecule has 1 aliphatic rings. The molecule has 0 atom stereocenters. The minimum absolute atomic E-state index is 0.0660. The van der Waals surface area contributed by atoms with Crippen molar-refractivity contribution in [3.63, 3.8) is 0 Å². The number of fused-ring (bicyclic) bond motifs is 1. The average Bonchev–Trinajstić information content (AvgIpc) is 3.59. The van der Waals surface area contributed by atoms with E-state index in [9.17, 15) is 9.59 Å². The second-order valence-electron chi connectivity index (χ2n) is 8.28. The van der Waals surface area contributed by atoms with E-state index in [2.05, 4.69) is 20.5 Å². The predicted octanol–water partition coefficient (Wildman–Crippen LogP) is 4.27. The Balaban J connectivity index is 1.51. The third-order valence-electron chi connectivity index (χ3n) is 6.08. The van der Waals surface area contributed by atoms with E-state index in [1.807, 2.05) is 0 Å². The van der Waals surface area contributed by atoms with E-state index >= 15 is 0 Å². The Kier molecular flexibility index (Phi) is 6.02. The maximum Gasteiger partial charge on any atom is 0.261 e. The van der Waals surface area contributed by atoms with Crippen molar-refractivity contribution in [2.75, 3.05) is 12.4 Å². The second-order valence-corrected chi connectivity index (χ2v) is 8.72. The highest BCUT2D eigenvalue weighted by molar-refractivity contribution is 6.31. The number of aromatic nitrogens is 5. The molecular formula is C24H23ClN6O3. The number of ether oxygens (including phenoxy) is 1. The highest BCUT2D eigenvalue weighted by Crippen LogP contribution is 2.36. The van der Waals surface area contributed by atoms with Crippen LogP contribution in [0.3, 0.4) is 0 Å². The normalized spacial score (nSPS) is 13.9. The Hall–Kier alpha value is -3.72. The van der Waals surface area contributed by atoms with Gasteiger partial charge >= 0.3 is 0 Å². The number of rotatable bonds is 7. The molecule has 4 aromatic rings. The first-order valence-electron chi connectivity index (χ1n) is 11.1.